The van der Waals surface area contributed by atoms with E-state index in [1.807, 2.05) is 0 Å². The van der Waals surface area contributed by atoms with Crippen LogP contribution in [-0.2, 0) is 19.8 Å². The monoisotopic (exact) mass is 323 g/mol. The van der Waals surface area contributed by atoms with Crippen molar-refractivity contribution >= 4 is 29.2 Å². The van der Waals surface area contributed by atoms with E-state index in [-0.39, 0.29) is 15.6 Å². The summed E-state index contributed by atoms with van der Waals surface area (Å²) in [5, 5.41) is 3.02. The minimum Gasteiger partial charge on any atom is -0.467 e. The molecule has 1 N–H and O–H groups in total. The van der Waals surface area contributed by atoms with Gasteiger partial charge in [0.1, 0.15) is 11.4 Å². The molecule has 0 amide bonds. The van der Waals surface area contributed by atoms with E-state index in [0.29, 0.717) is 13.2 Å². The zero-order valence-corrected chi connectivity index (χ0v) is 12.9. The predicted octanol–water partition coefficient (Wildman–Crippen LogP) is 2.76. The standard InChI is InChI=1S/C13H16Cl2FNO3/c1-13(12(18)20-3,17-4-5-19-2)8-6-11(16)10(15)7-9(8)14/h6-7,17H,4-5H2,1-3H3. The van der Waals surface area contributed by atoms with Crippen LogP contribution in [0.2, 0.25) is 10.0 Å². The summed E-state index contributed by atoms with van der Waals surface area (Å²) in [6.07, 6.45) is 0. The molecule has 0 saturated heterocycles. The van der Waals surface area contributed by atoms with Gasteiger partial charge < -0.3 is 9.47 Å². The fraction of sp³-hybridized carbons (Fsp3) is 0.462. The molecule has 0 bridgehead atoms. The molecule has 0 fully saturated rings. The first-order chi connectivity index (χ1) is 9.36. The Kier molecular flexibility index (Phi) is 6.20. The Hall–Kier alpha value is -0.880. The van der Waals surface area contributed by atoms with Crippen molar-refractivity contribution in [1.29, 1.82) is 0 Å². The third kappa shape index (κ3) is 3.61. The van der Waals surface area contributed by atoms with Crippen LogP contribution >= 0.6 is 23.2 Å². The van der Waals surface area contributed by atoms with Gasteiger partial charge in [0.2, 0.25) is 0 Å². The molecule has 1 atom stereocenters. The van der Waals surface area contributed by atoms with Crippen molar-refractivity contribution in [3.63, 3.8) is 0 Å². The molecule has 0 aliphatic carbocycles. The van der Waals surface area contributed by atoms with Crippen LogP contribution in [0.3, 0.4) is 0 Å². The lowest BCUT2D eigenvalue weighted by atomic mass is 9.91. The number of hydrogen-bond donors (Lipinski definition) is 1. The van der Waals surface area contributed by atoms with Gasteiger partial charge in [0.25, 0.3) is 0 Å². The maximum atomic E-state index is 13.7. The van der Waals surface area contributed by atoms with Crippen LogP contribution in [0.15, 0.2) is 12.1 Å². The number of esters is 1. The Morgan fingerprint density at radius 3 is 2.55 bits per heavy atom. The van der Waals surface area contributed by atoms with E-state index in [4.69, 9.17) is 32.7 Å². The van der Waals surface area contributed by atoms with Gasteiger partial charge in [0.05, 0.1) is 18.7 Å². The first-order valence-electron chi connectivity index (χ1n) is 5.84. The summed E-state index contributed by atoms with van der Waals surface area (Å²) < 4.78 is 23.3. The van der Waals surface area contributed by atoms with Gasteiger partial charge in [-0.15, -0.1) is 0 Å². The Bertz CT molecular complexity index is 499. The molecule has 1 aromatic carbocycles. The van der Waals surface area contributed by atoms with E-state index in [0.717, 1.165) is 6.07 Å². The fourth-order valence-corrected chi connectivity index (χ4v) is 2.36. The van der Waals surface area contributed by atoms with Gasteiger partial charge in [0.15, 0.2) is 0 Å². The van der Waals surface area contributed by atoms with E-state index in [2.05, 4.69) is 5.32 Å². The van der Waals surface area contributed by atoms with Crippen molar-refractivity contribution < 1.29 is 18.7 Å². The smallest absolute Gasteiger partial charge is 0.330 e. The van der Waals surface area contributed by atoms with Crippen molar-refractivity contribution in [1.82, 2.24) is 5.32 Å². The molecule has 1 rings (SSSR count). The zero-order valence-electron chi connectivity index (χ0n) is 11.4. The molecule has 0 spiro atoms. The Labute approximate surface area is 127 Å². The molecular weight excluding hydrogens is 308 g/mol. The van der Waals surface area contributed by atoms with E-state index >= 15 is 0 Å². The molecule has 1 unspecified atom stereocenters. The number of hydrogen-bond acceptors (Lipinski definition) is 4. The summed E-state index contributed by atoms with van der Waals surface area (Å²) in [5.41, 5.74) is -1.04. The minimum absolute atomic E-state index is 0.108. The first kappa shape index (κ1) is 17.2. The van der Waals surface area contributed by atoms with Gasteiger partial charge in [-0.05, 0) is 19.1 Å². The number of nitrogens with one attached hydrogen (secondary N) is 1. The summed E-state index contributed by atoms with van der Waals surface area (Å²) in [7, 11) is 2.78. The zero-order chi connectivity index (χ0) is 15.3. The van der Waals surface area contributed by atoms with Crippen molar-refractivity contribution in [3.05, 3.63) is 33.6 Å². The lowest BCUT2D eigenvalue weighted by Crippen LogP contribution is -2.48. The van der Waals surface area contributed by atoms with E-state index in [9.17, 15) is 9.18 Å². The number of rotatable bonds is 6. The van der Waals surface area contributed by atoms with Crippen molar-refractivity contribution in [3.8, 4) is 0 Å². The van der Waals surface area contributed by atoms with Crippen LogP contribution in [0, 0.1) is 5.82 Å². The number of carbonyl (C=O) groups is 1. The highest BCUT2D eigenvalue weighted by molar-refractivity contribution is 6.35. The number of ether oxygens (including phenoxy) is 2. The molecule has 4 nitrogen and oxygen atoms in total. The van der Waals surface area contributed by atoms with E-state index in [1.54, 1.807) is 6.92 Å². The molecule has 0 radical (unpaired) electrons. The molecule has 0 aliphatic rings. The Morgan fingerprint density at radius 2 is 2.00 bits per heavy atom. The quantitative estimate of drug-likeness (QED) is 0.497. The molecule has 0 aliphatic heterocycles. The largest absolute Gasteiger partial charge is 0.467 e. The maximum Gasteiger partial charge on any atom is 0.330 e. The predicted molar refractivity (Wildman–Crippen MR) is 75.7 cm³/mol. The van der Waals surface area contributed by atoms with Gasteiger partial charge in [0, 0.05) is 24.2 Å². The van der Waals surface area contributed by atoms with Crippen LogP contribution in [0.25, 0.3) is 0 Å². The average molecular weight is 324 g/mol. The minimum atomic E-state index is -1.30. The van der Waals surface area contributed by atoms with Gasteiger partial charge in [-0.2, -0.15) is 0 Å². The highest BCUT2D eigenvalue weighted by Crippen LogP contribution is 2.33. The van der Waals surface area contributed by atoms with Gasteiger partial charge in [-0.25, -0.2) is 9.18 Å². The molecule has 0 heterocycles. The summed E-state index contributed by atoms with van der Waals surface area (Å²) >= 11 is 11.7. The number of halogens is 3. The second kappa shape index (κ2) is 7.22. The highest BCUT2D eigenvalue weighted by Gasteiger charge is 2.38. The molecule has 7 heteroatoms. The lowest BCUT2D eigenvalue weighted by molar-refractivity contribution is -0.148. The second-order valence-electron chi connectivity index (χ2n) is 4.28. The van der Waals surface area contributed by atoms with Crippen LogP contribution in [0.5, 0.6) is 0 Å². The summed E-state index contributed by atoms with van der Waals surface area (Å²) in [5.74, 6) is -1.24. The van der Waals surface area contributed by atoms with Gasteiger partial charge in [-0.1, -0.05) is 23.2 Å². The third-order valence-electron chi connectivity index (χ3n) is 2.93. The van der Waals surface area contributed by atoms with Crippen molar-refractivity contribution in [2.45, 2.75) is 12.5 Å². The number of benzene rings is 1. The molecule has 20 heavy (non-hydrogen) atoms. The average Bonchev–Trinajstić information content (AvgIpc) is 2.41. The highest BCUT2D eigenvalue weighted by atomic mass is 35.5. The van der Waals surface area contributed by atoms with Gasteiger partial charge in [-0.3, -0.25) is 5.32 Å². The SMILES string of the molecule is COCCNC(C)(C(=O)OC)c1cc(F)c(Cl)cc1Cl. The lowest BCUT2D eigenvalue weighted by Gasteiger charge is -2.29. The molecular formula is C13H16Cl2FNO3. The second-order valence-corrected chi connectivity index (χ2v) is 5.10. The third-order valence-corrected chi connectivity index (χ3v) is 3.53. The van der Waals surface area contributed by atoms with Crippen molar-refractivity contribution in [2.75, 3.05) is 27.4 Å². The van der Waals surface area contributed by atoms with Crippen LogP contribution in [0.4, 0.5) is 4.39 Å². The normalized spacial score (nSPS) is 13.9. The van der Waals surface area contributed by atoms with E-state index < -0.39 is 17.3 Å². The number of carbonyl (C=O) groups excluding carboxylic acids is 1. The molecule has 112 valence electrons. The maximum absolute atomic E-state index is 13.7. The summed E-state index contributed by atoms with van der Waals surface area (Å²) in [4.78, 5) is 12.0. The Balaban J connectivity index is 3.23. The molecule has 0 aromatic heterocycles. The van der Waals surface area contributed by atoms with Gasteiger partial charge >= 0.3 is 5.97 Å². The van der Waals surface area contributed by atoms with Crippen LogP contribution in [-0.4, -0.2) is 33.3 Å². The summed E-state index contributed by atoms with van der Waals surface area (Å²) in [6, 6.07) is 2.38. The van der Waals surface area contributed by atoms with Crippen molar-refractivity contribution in [2.24, 2.45) is 0 Å². The topological polar surface area (TPSA) is 47.6 Å². The van der Waals surface area contributed by atoms with Crippen LogP contribution in [0.1, 0.15) is 12.5 Å². The Morgan fingerprint density at radius 1 is 1.35 bits per heavy atom. The first-order valence-corrected chi connectivity index (χ1v) is 6.59. The summed E-state index contributed by atoms with van der Waals surface area (Å²) in [6.45, 7) is 2.30. The number of methoxy groups -OCH3 is 2. The molecule has 0 saturated carbocycles. The van der Waals surface area contributed by atoms with Crippen LogP contribution < -0.4 is 5.32 Å². The molecule has 1 aromatic rings. The fourth-order valence-electron chi connectivity index (χ4n) is 1.79. The van der Waals surface area contributed by atoms with E-state index in [1.165, 1.54) is 20.3 Å².